The third-order valence-electron chi connectivity index (χ3n) is 4.43. The molecular weight excluding hydrogens is 481 g/mol. The molecule has 1 aromatic rings. The Balaban J connectivity index is 0.00000338. The van der Waals surface area contributed by atoms with Crippen molar-refractivity contribution in [2.75, 3.05) is 30.9 Å². The van der Waals surface area contributed by atoms with Crippen LogP contribution in [0.1, 0.15) is 38.4 Å². The molecule has 2 N–H and O–H groups in total. The van der Waals surface area contributed by atoms with Crippen molar-refractivity contribution in [3.63, 3.8) is 0 Å². The lowest BCUT2D eigenvalue weighted by molar-refractivity contribution is 0.413. The number of rotatable bonds is 9. The number of nitrogens with one attached hydrogen (secondary N) is 2. The highest BCUT2D eigenvalue weighted by molar-refractivity contribution is 14.0. The maximum absolute atomic E-state index is 12.1. The minimum absolute atomic E-state index is 0. The normalized spacial score (nSPS) is 21.7. The third kappa shape index (κ3) is 8.65. The van der Waals surface area contributed by atoms with Crippen LogP contribution in [0.3, 0.4) is 0 Å². The summed E-state index contributed by atoms with van der Waals surface area (Å²) in [5.74, 6) is 3.62. The zero-order chi connectivity index (χ0) is 17.9. The molecule has 1 aliphatic rings. The standard InChI is InChI=1S/C18H31N3O2S2.HI/c1-3-25(22)17-8-4-6-15(14-17)21-18(20-11-13-24-2)19-10-9-16-7-5-12-23-16;/h5,7,12,15,17H,3-4,6,8-11,13-14H2,1-2H3,(H2,19,20,21);1H. The molecule has 1 saturated carbocycles. The number of guanidine groups is 1. The summed E-state index contributed by atoms with van der Waals surface area (Å²) in [6, 6.07) is 4.26. The zero-order valence-electron chi connectivity index (χ0n) is 15.7. The summed E-state index contributed by atoms with van der Waals surface area (Å²) >= 11 is 1.80. The highest BCUT2D eigenvalue weighted by atomic mass is 127. The van der Waals surface area contributed by atoms with Crippen LogP contribution in [-0.2, 0) is 17.2 Å². The molecule has 0 radical (unpaired) electrons. The van der Waals surface area contributed by atoms with Gasteiger partial charge in [-0.2, -0.15) is 11.8 Å². The van der Waals surface area contributed by atoms with Gasteiger partial charge in [0.25, 0.3) is 0 Å². The molecule has 0 saturated heterocycles. The quantitative estimate of drug-likeness (QED) is 0.229. The molecule has 150 valence electrons. The van der Waals surface area contributed by atoms with Crippen LogP contribution in [0.4, 0.5) is 0 Å². The second-order valence-electron chi connectivity index (χ2n) is 6.28. The topological polar surface area (TPSA) is 66.6 Å². The summed E-state index contributed by atoms with van der Waals surface area (Å²) < 4.78 is 17.5. The van der Waals surface area contributed by atoms with E-state index in [2.05, 4.69) is 21.9 Å². The minimum Gasteiger partial charge on any atom is -0.469 e. The van der Waals surface area contributed by atoms with Crippen LogP contribution in [-0.4, -0.2) is 52.3 Å². The van der Waals surface area contributed by atoms with Gasteiger partial charge in [-0.3, -0.25) is 9.20 Å². The summed E-state index contributed by atoms with van der Waals surface area (Å²) in [6.07, 6.45) is 8.96. The Morgan fingerprint density at radius 2 is 2.31 bits per heavy atom. The van der Waals surface area contributed by atoms with Gasteiger partial charge in [-0.15, -0.1) is 24.0 Å². The van der Waals surface area contributed by atoms with Crippen LogP contribution in [0.5, 0.6) is 0 Å². The zero-order valence-corrected chi connectivity index (χ0v) is 19.7. The SMILES string of the molecule is CCS(=O)C1CCCC(NC(=NCCSC)NCCc2ccco2)C1.I. The molecule has 0 aliphatic heterocycles. The Bertz CT molecular complexity index is 541. The number of nitrogens with zero attached hydrogens (tertiary/aromatic N) is 1. The first-order valence-corrected chi connectivity index (χ1v) is 11.9. The van der Waals surface area contributed by atoms with Gasteiger partial charge in [0.1, 0.15) is 5.76 Å². The van der Waals surface area contributed by atoms with Crippen LogP contribution in [0.2, 0.25) is 0 Å². The van der Waals surface area contributed by atoms with E-state index in [0.717, 1.165) is 68.4 Å². The number of hydrogen-bond acceptors (Lipinski definition) is 4. The van der Waals surface area contributed by atoms with Gasteiger partial charge in [0.05, 0.1) is 12.8 Å². The maximum atomic E-state index is 12.1. The van der Waals surface area contributed by atoms with E-state index in [0.29, 0.717) is 11.3 Å². The largest absolute Gasteiger partial charge is 0.469 e. The lowest BCUT2D eigenvalue weighted by Gasteiger charge is -2.30. The van der Waals surface area contributed by atoms with E-state index in [1.165, 1.54) is 0 Å². The van der Waals surface area contributed by atoms with Crippen molar-refractivity contribution in [2.24, 2.45) is 4.99 Å². The molecule has 1 fully saturated rings. The van der Waals surface area contributed by atoms with Gasteiger partial charge in [-0.05, 0) is 37.7 Å². The second kappa shape index (κ2) is 13.9. The van der Waals surface area contributed by atoms with Crippen LogP contribution >= 0.6 is 35.7 Å². The Kier molecular flexibility index (Phi) is 12.7. The number of thioether (sulfide) groups is 1. The van der Waals surface area contributed by atoms with E-state index in [4.69, 9.17) is 4.42 Å². The Morgan fingerprint density at radius 3 is 3.00 bits per heavy atom. The summed E-state index contributed by atoms with van der Waals surface area (Å²) in [5, 5.41) is 7.31. The van der Waals surface area contributed by atoms with Gasteiger partial charge in [0.2, 0.25) is 0 Å². The van der Waals surface area contributed by atoms with Crippen molar-refractivity contribution >= 4 is 52.5 Å². The van der Waals surface area contributed by atoms with E-state index in [1.807, 2.05) is 19.1 Å². The van der Waals surface area contributed by atoms with Gasteiger partial charge in [0.15, 0.2) is 5.96 Å². The van der Waals surface area contributed by atoms with Crippen LogP contribution < -0.4 is 10.6 Å². The minimum atomic E-state index is -0.697. The molecule has 5 nitrogen and oxygen atoms in total. The summed E-state index contributed by atoms with van der Waals surface area (Å²) in [5.41, 5.74) is 0. The van der Waals surface area contributed by atoms with E-state index < -0.39 is 10.8 Å². The molecule has 0 amide bonds. The Labute approximate surface area is 181 Å². The predicted octanol–water partition coefficient (Wildman–Crippen LogP) is 3.42. The molecule has 0 bridgehead atoms. The van der Waals surface area contributed by atoms with Gasteiger partial charge < -0.3 is 15.1 Å². The van der Waals surface area contributed by atoms with Crippen LogP contribution in [0.15, 0.2) is 27.8 Å². The van der Waals surface area contributed by atoms with Crippen molar-refractivity contribution in [1.29, 1.82) is 0 Å². The molecule has 0 spiro atoms. The Morgan fingerprint density at radius 1 is 1.46 bits per heavy atom. The molecule has 0 aromatic carbocycles. The molecule has 2 rings (SSSR count). The number of hydrogen-bond donors (Lipinski definition) is 2. The van der Waals surface area contributed by atoms with Gasteiger partial charge in [-0.25, -0.2) is 0 Å². The van der Waals surface area contributed by atoms with Crippen molar-refractivity contribution in [1.82, 2.24) is 10.6 Å². The van der Waals surface area contributed by atoms with Gasteiger partial charge in [0, 0.05) is 46.6 Å². The summed E-state index contributed by atoms with van der Waals surface area (Å²) in [4.78, 5) is 4.68. The molecule has 3 unspecified atom stereocenters. The van der Waals surface area contributed by atoms with E-state index in [-0.39, 0.29) is 24.0 Å². The number of furan rings is 1. The lowest BCUT2D eigenvalue weighted by atomic mass is 9.95. The average Bonchev–Trinajstić information content (AvgIpc) is 3.14. The van der Waals surface area contributed by atoms with E-state index >= 15 is 0 Å². The lowest BCUT2D eigenvalue weighted by Crippen LogP contribution is -2.47. The van der Waals surface area contributed by atoms with Crippen LogP contribution in [0, 0.1) is 0 Å². The van der Waals surface area contributed by atoms with E-state index in [1.54, 1.807) is 18.0 Å². The molecular formula is C18H32IN3O2S2. The van der Waals surface area contributed by atoms with Crippen LogP contribution in [0.25, 0.3) is 0 Å². The third-order valence-corrected chi connectivity index (χ3v) is 6.76. The molecule has 8 heteroatoms. The highest BCUT2D eigenvalue weighted by Gasteiger charge is 2.26. The average molecular weight is 514 g/mol. The maximum Gasteiger partial charge on any atom is 0.191 e. The monoisotopic (exact) mass is 513 g/mol. The fourth-order valence-corrected chi connectivity index (χ4v) is 4.73. The summed E-state index contributed by atoms with van der Waals surface area (Å²) in [7, 11) is -0.697. The Hall–Kier alpha value is -0.220. The summed E-state index contributed by atoms with van der Waals surface area (Å²) in [6.45, 7) is 3.60. The molecule has 26 heavy (non-hydrogen) atoms. The predicted molar refractivity (Wildman–Crippen MR) is 124 cm³/mol. The number of halogens is 1. The van der Waals surface area contributed by atoms with Crippen molar-refractivity contribution in [2.45, 2.75) is 50.3 Å². The second-order valence-corrected chi connectivity index (χ2v) is 9.27. The van der Waals surface area contributed by atoms with Crippen molar-refractivity contribution in [3.8, 4) is 0 Å². The fourth-order valence-electron chi connectivity index (χ4n) is 3.10. The first-order chi connectivity index (χ1) is 12.2. The molecule has 1 aliphatic carbocycles. The van der Waals surface area contributed by atoms with Gasteiger partial charge >= 0.3 is 0 Å². The fraction of sp³-hybridized carbons (Fsp3) is 0.722. The number of aliphatic imine (C=N–C) groups is 1. The van der Waals surface area contributed by atoms with E-state index in [9.17, 15) is 4.21 Å². The molecule has 3 atom stereocenters. The van der Waals surface area contributed by atoms with Crippen molar-refractivity contribution in [3.05, 3.63) is 24.2 Å². The first kappa shape index (κ1) is 23.8. The molecule has 1 heterocycles. The first-order valence-electron chi connectivity index (χ1n) is 9.16. The highest BCUT2D eigenvalue weighted by Crippen LogP contribution is 2.23. The smallest absolute Gasteiger partial charge is 0.191 e. The van der Waals surface area contributed by atoms with Gasteiger partial charge in [-0.1, -0.05) is 13.3 Å². The van der Waals surface area contributed by atoms with Crippen molar-refractivity contribution < 1.29 is 8.63 Å². The molecule has 1 aromatic heterocycles.